The van der Waals surface area contributed by atoms with Crippen molar-refractivity contribution in [3.05, 3.63) is 46.1 Å². The van der Waals surface area contributed by atoms with E-state index in [9.17, 15) is 0 Å². The summed E-state index contributed by atoms with van der Waals surface area (Å²) in [4.78, 5) is 0. The predicted molar refractivity (Wildman–Crippen MR) is 67.5 cm³/mol. The molecule has 16 heavy (non-hydrogen) atoms. The van der Waals surface area contributed by atoms with Crippen LogP contribution in [-0.4, -0.2) is 16.3 Å². The van der Waals surface area contributed by atoms with Gasteiger partial charge in [-0.2, -0.15) is 0 Å². The standard InChI is InChI=1S/C13H12BrNO/c14-11-2-1-9-7-10-3-4-15(5-6-16)13(10)12(9)8-11/h1-4,8,16H,5-7H2. The molecule has 0 fully saturated rings. The van der Waals surface area contributed by atoms with Crippen LogP contribution in [0.3, 0.4) is 0 Å². The third-order valence-electron chi connectivity index (χ3n) is 3.10. The molecule has 1 aromatic heterocycles. The lowest BCUT2D eigenvalue weighted by Gasteiger charge is -2.07. The van der Waals surface area contributed by atoms with E-state index in [-0.39, 0.29) is 6.61 Å². The maximum absolute atomic E-state index is 9.04. The van der Waals surface area contributed by atoms with Crippen LogP contribution in [-0.2, 0) is 13.0 Å². The first kappa shape index (κ1) is 10.1. The molecule has 0 radical (unpaired) electrons. The van der Waals surface area contributed by atoms with Gasteiger partial charge in [-0.25, -0.2) is 0 Å². The van der Waals surface area contributed by atoms with Crippen molar-refractivity contribution in [2.24, 2.45) is 0 Å². The van der Waals surface area contributed by atoms with Crippen LogP contribution in [0.25, 0.3) is 11.3 Å². The number of aromatic nitrogens is 1. The summed E-state index contributed by atoms with van der Waals surface area (Å²) in [5, 5.41) is 9.04. The fourth-order valence-corrected chi connectivity index (χ4v) is 2.77. The largest absolute Gasteiger partial charge is 0.395 e. The van der Waals surface area contributed by atoms with E-state index in [0.717, 1.165) is 10.9 Å². The van der Waals surface area contributed by atoms with Crippen molar-refractivity contribution in [3.63, 3.8) is 0 Å². The topological polar surface area (TPSA) is 25.2 Å². The third-order valence-corrected chi connectivity index (χ3v) is 3.59. The lowest BCUT2D eigenvalue weighted by molar-refractivity contribution is 0.277. The van der Waals surface area contributed by atoms with Crippen molar-refractivity contribution < 1.29 is 5.11 Å². The van der Waals surface area contributed by atoms with Gasteiger partial charge in [-0.15, -0.1) is 0 Å². The van der Waals surface area contributed by atoms with Crippen LogP contribution in [0.2, 0.25) is 0 Å². The highest BCUT2D eigenvalue weighted by atomic mass is 79.9. The number of aliphatic hydroxyl groups is 1. The Morgan fingerprint density at radius 1 is 1.25 bits per heavy atom. The number of hydrogen-bond acceptors (Lipinski definition) is 1. The molecule has 1 aromatic carbocycles. The second-order valence-electron chi connectivity index (χ2n) is 4.08. The monoisotopic (exact) mass is 277 g/mol. The maximum Gasteiger partial charge on any atom is 0.0610 e. The number of benzene rings is 1. The predicted octanol–water partition coefficient (Wildman–Crippen LogP) is 2.81. The zero-order chi connectivity index (χ0) is 11.1. The third kappa shape index (κ3) is 1.43. The molecule has 0 saturated carbocycles. The molecule has 0 spiro atoms. The van der Waals surface area contributed by atoms with Crippen LogP contribution >= 0.6 is 15.9 Å². The van der Waals surface area contributed by atoms with Gasteiger partial charge >= 0.3 is 0 Å². The normalized spacial score (nSPS) is 12.6. The van der Waals surface area contributed by atoms with Gasteiger partial charge < -0.3 is 9.67 Å². The van der Waals surface area contributed by atoms with E-state index in [1.54, 1.807) is 0 Å². The number of aliphatic hydroxyl groups excluding tert-OH is 1. The Kier molecular flexibility index (Phi) is 2.37. The molecule has 0 amide bonds. The van der Waals surface area contributed by atoms with Crippen molar-refractivity contribution in [2.75, 3.05) is 6.61 Å². The van der Waals surface area contributed by atoms with Gasteiger partial charge in [0.15, 0.2) is 0 Å². The average Bonchev–Trinajstić information content (AvgIpc) is 2.79. The van der Waals surface area contributed by atoms with Gasteiger partial charge in [0.25, 0.3) is 0 Å². The molecule has 0 bridgehead atoms. The molecular weight excluding hydrogens is 266 g/mol. The molecule has 0 unspecified atom stereocenters. The van der Waals surface area contributed by atoms with Gasteiger partial charge in [0, 0.05) is 29.2 Å². The molecule has 3 rings (SSSR count). The molecule has 0 saturated heterocycles. The minimum Gasteiger partial charge on any atom is -0.395 e. The van der Waals surface area contributed by atoms with Crippen molar-refractivity contribution in [2.45, 2.75) is 13.0 Å². The second kappa shape index (κ2) is 3.75. The maximum atomic E-state index is 9.04. The van der Waals surface area contributed by atoms with Crippen LogP contribution in [0.5, 0.6) is 0 Å². The van der Waals surface area contributed by atoms with E-state index < -0.39 is 0 Å². The van der Waals surface area contributed by atoms with E-state index in [1.165, 1.54) is 22.4 Å². The Labute approximate surface area is 103 Å². The molecule has 2 nitrogen and oxygen atoms in total. The highest BCUT2D eigenvalue weighted by molar-refractivity contribution is 9.10. The van der Waals surface area contributed by atoms with Gasteiger partial charge in [0.1, 0.15) is 0 Å². The molecular formula is C13H12BrNO. The average molecular weight is 278 g/mol. The van der Waals surface area contributed by atoms with Crippen LogP contribution < -0.4 is 0 Å². The first-order valence-electron chi connectivity index (χ1n) is 5.37. The minimum atomic E-state index is 0.185. The van der Waals surface area contributed by atoms with Crippen LogP contribution in [0.15, 0.2) is 34.9 Å². The van der Waals surface area contributed by atoms with Gasteiger partial charge in [-0.05, 0) is 29.3 Å². The van der Waals surface area contributed by atoms with Crippen molar-refractivity contribution >= 4 is 15.9 Å². The second-order valence-corrected chi connectivity index (χ2v) is 5.00. The van der Waals surface area contributed by atoms with Crippen LogP contribution in [0.1, 0.15) is 11.1 Å². The minimum absolute atomic E-state index is 0.185. The lowest BCUT2D eigenvalue weighted by atomic mass is 10.1. The van der Waals surface area contributed by atoms with Crippen LogP contribution in [0.4, 0.5) is 0 Å². The molecule has 0 atom stereocenters. The number of nitrogens with zero attached hydrogens (tertiary/aromatic N) is 1. The number of fused-ring (bicyclic) bond motifs is 3. The highest BCUT2D eigenvalue weighted by Crippen LogP contribution is 2.38. The van der Waals surface area contributed by atoms with Crippen molar-refractivity contribution in [1.29, 1.82) is 0 Å². The Bertz CT molecular complexity index is 545. The Hall–Kier alpha value is -1.06. The summed E-state index contributed by atoms with van der Waals surface area (Å²) in [6.07, 6.45) is 3.07. The van der Waals surface area contributed by atoms with Crippen molar-refractivity contribution in [1.82, 2.24) is 4.57 Å². The Morgan fingerprint density at radius 3 is 2.94 bits per heavy atom. The smallest absolute Gasteiger partial charge is 0.0610 e. The Balaban J connectivity index is 2.17. The van der Waals surface area contributed by atoms with Gasteiger partial charge in [-0.3, -0.25) is 0 Å². The van der Waals surface area contributed by atoms with E-state index in [4.69, 9.17) is 5.11 Å². The zero-order valence-electron chi connectivity index (χ0n) is 8.78. The number of hydrogen-bond donors (Lipinski definition) is 1. The quantitative estimate of drug-likeness (QED) is 0.766. The van der Waals surface area contributed by atoms with Crippen LogP contribution in [0, 0.1) is 0 Å². The molecule has 1 aliphatic carbocycles. The summed E-state index contributed by atoms with van der Waals surface area (Å²) in [6.45, 7) is 0.853. The Morgan fingerprint density at radius 2 is 2.12 bits per heavy atom. The van der Waals surface area contributed by atoms with Gasteiger partial charge in [0.2, 0.25) is 0 Å². The fraction of sp³-hybridized carbons (Fsp3) is 0.231. The summed E-state index contributed by atoms with van der Waals surface area (Å²) < 4.78 is 3.24. The zero-order valence-corrected chi connectivity index (χ0v) is 10.4. The number of halogens is 1. The molecule has 0 aliphatic heterocycles. The lowest BCUT2D eigenvalue weighted by Crippen LogP contribution is -2.01. The molecule has 1 heterocycles. The molecule has 2 aromatic rings. The molecule has 82 valence electrons. The molecule has 3 heteroatoms. The van der Waals surface area contributed by atoms with E-state index in [1.807, 2.05) is 0 Å². The summed E-state index contributed by atoms with van der Waals surface area (Å²) >= 11 is 3.51. The highest BCUT2D eigenvalue weighted by Gasteiger charge is 2.21. The summed E-state index contributed by atoms with van der Waals surface area (Å²) in [6, 6.07) is 8.57. The molecule has 1 aliphatic rings. The summed E-state index contributed by atoms with van der Waals surface area (Å²) in [5.41, 5.74) is 5.30. The van der Waals surface area contributed by atoms with Gasteiger partial charge in [0.05, 0.1) is 12.3 Å². The van der Waals surface area contributed by atoms with Crippen molar-refractivity contribution in [3.8, 4) is 11.3 Å². The van der Waals surface area contributed by atoms with E-state index in [0.29, 0.717) is 6.54 Å². The van der Waals surface area contributed by atoms with E-state index in [2.05, 4.69) is 51.0 Å². The SMILES string of the molecule is OCCn1ccc2c1-c1cc(Br)ccc1C2. The summed E-state index contributed by atoms with van der Waals surface area (Å²) in [5.74, 6) is 0. The molecule has 1 N–H and O–H groups in total. The number of rotatable bonds is 2. The van der Waals surface area contributed by atoms with E-state index >= 15 is 0 Å². The van der Waals surface area contributed by atoms with Gasteiger partial charge in [-0.1, -0.05) is 22.0 Å². The first-order valence-corrected chi connectivity index (χ1v) is 6.16. The fourth-order valence-electron chi connectivity index (χ4n) is 2.41. The summed E-state index contributed by atoms with van der Waals surface area (Å²) in [7, 11) is 0. The first-order chi connectivity index (χ1) is 7.79.